The predicted octanol–water partition coefficient (Wildman–Crippen LogP) is -0.0554. The molecule has 1 atom stereocenters. The van der Waals surface area contributed by atoms with Crippen LogP contribution >= 0.6 is 0 Å². The minimum absolute atomic E-state index is 0.0101. The fraction of sp³-hybridized carbons (Fsp3) is 0.619. The Labute approximate surface area is 182 Å². The van der Waals surface area contributed by atoms with Gasteiger partial charge in [0.15, 0.2) is 0 Å². The molecule has 1 fully saturated rings. The molecule has 0 radical (unpaired) electrons. The van der Waals surface area contributed by atoms with Crippen molar-refractivity contribution in [1.29, 1.82) is 0 Å². The number of hydrogen-bond donors (Lipinski definition) is 6. The Morgan fingerprint density at radius 2 is 1.90 bits per heavy atom. The molecule has 1 saturated carbocycles. The van der Waals surface area contributed by atoms with Crippen molar-refractivity contribution in [3.8, 4) is 5.75 Å². The van der Waals surface area contributed by atoms with Crippen LogP contribution in [0.1, 0.15) is 48.0 Å². The van der Waals surface area contributed by atoms with E-state index in [-0.39, 0.29) is 23.8 Å². The third-order valence-electron chi connectivity index (χ3n) is 6.04. The van der Waals surface area contributed by atoms with Gasteiger partial charge in [-0.2, -0.15) is 0 Å². The third-order valence-corrected chi connectivity index (χ3v) is 6.04. The molecule has 0 aromatic heterocycles. The maximum atomic E-state index is 12.5. The fourth-order valence-corrected chi connectivity index (χ4v) is 4.38. The number of aliphatic hydroxyl groups is 1. The maximum Gasteiger partial charge on any atom is 0.547 e. The lowest BCUT2D eigenvalue weighted by molar-refractivity contribution is -0.122. The summed E-state index contributed by atoms with van der Waals surface area (Å²) in [7, 11) is -1.28. The third kappa shape index (κ3) is 6.67. The highest BCUT2D eigenvalue weighted by Gasteiger charge is 2.38. The van der Waals surface area contributed by atoms with Gasteiger partial charge < -0.3 is 35.8 Å². The molecule has 2 aliphatic rings. The standard InChI is InChI=1S/C21H32BN3O6/c26-11-10-23-8-9-24-16-6-4-14(5-7-16)12-19(27)25-18-13-15-2-1-3-17(21(28)29)20(15)31-22(18)30/h1-3,14,16,18,23-24,26,30H,4-13H2,(H,25,27)(H,28,29). The summed E-state index contributed by atoms with van der Waals surface area (Å²) in [6, 6.07) is 5.28. The van der Waals surface area contributed by atoms with Crippen LogP contribution in [0.4, 0.5) is 0 Å². The molecule has 170 valence electrons. The molecule has 0 bridgehead atoms. The van der Waals surface area contributed by atoms with Crippen molar-refractivity contribution in [2.24, 2.45) is 5.92 Å². The van der Waals surface area contributed by atoms with Crippen molar-refractivity contribution in [2.75, 3.05) is 26.2 Å². The minimum atomic E-state index is -1.28. The molecule has 6 N–H and O–H groups in total. The number of hydrogen-bond acceptors (Lipinski definition) is 7. The van der Waals surface area contributed by atoms with Crippen molar-refractivity contribution in [1.82, 2.24) is 16.0 Å². The average Bonchev–Trinajstić information content (AvgIpc) is 2.74. The number of carbonyl (C=O) groups is 2. The van der Waals surface area contributed by atoms with Gasteiger partial charge in [-0.05, 0) is 49.7 Å². The zero-order valence-electron chi connectivity index (χ0n) is 17.7. The average molecular weight is 433 g/mol. The van der Waals surface area contributed by atoms with E-state index < -0.39 is 19.0 Å². The van der Waals surface area contributed by atoms with Crippen LogP contribution in [0.3, 0.4) is 0 Å². The van der Waals surface area contributed by atoms with Crippen LogP contribution in [0.5, 0.6) is 5.75 Å². The molecule has 10 heteroatoms. The van der Waals surface area contributed by atoms with Crippen LogP contribution in [-0.4, -0.2) is 72.5 Å². The first-order chi connectivity index (χ1) is 15.0. The second kappa shape index (κ2) is 11.5. The van der Waals surface area contributed by atoms with E-state index in [1.54, 1.807) is 12.1 Å². The first kappa shape index (κ1) is 23.5. The monoisotopic (exact) mass is 433 g/mol. The summed E-state index contributed by atoms with van der Waals surface area (Å²) in [5.74, 6) is -1.34. The molecule has 1 aliphatic carbocycles. The van der Waals surface area contributed by atoms with E-state index in [2.05, 4.69) is 16.0 Å². The first-order valence-corrected chi connectivity index (χ1v) is 11.0. The molecule has 1 aromatic carbocycles. The molecule has 0 spiro atoms. The van der Waals surface area contributed by atoms with Crippen molar-refractivity contribution in [3.05, 3.63) is 29.3 Å². The number of nitrogens with one attached hydrogen (secondary N) is 3. The Hall–Kier alpha value is -2.14. The summed E-state index contributed by atoms with van der Waals surface area (Å²) >= 11 is 0. The topological polar surface area (TPSA) is 140 Å². The second-order valence-corrected chi connectivity index (χ2v) is 8.34. The van der Waals surface area contributed by atoms with Crippen LogP contribution in [0.15, 0.2) is 18.2 Å². The van der Waals surface area contributed by atoms with Gasteiger partial charge in [0, 0.05) is 32.1 Å². The quantitative estimate of drug-likeness (QED) is 0.223. The first-order valence-electron chi connectivity index (χ1n) is 11.0. The number of rotatable bonds is 10. The van der Waals surface area contributed by atoms with E-state index in [0.29, 0.717) is 36.9 Å². The minimum Gasteiger partial charge on any atom is -0.534 e. The molecular weight excluding hydrogens is 401 g/mol. The van der Waals surface area contributed by atoms with Crippen molar-refractivity contribution >= 4 is 19.0 Å². The van der Waals surface area contributed by atoms with E-state index in [9.17, 15) is 19.7 Å². The molecule has 1 aliphatic heterocycles. The van der Waals surface area contributed by atoms with Gasteiger partial charge in [0.05, 0.1) is 18.1 Å². The lowest BCUT2D eigenvalue weighted by atomic mass is 9.72. The van der Waals surface area contributed by atoms with E-state index >= 15 is 0 Å². The molecule has 1 aromatic rings. The summed E-state index contributed by atoms with van der Waals surface area (Å²) in [5.41, 5.74) is 0.673. The van der Waals surface area contributed by atoms with Gasteiger partial charge in [-0.3, -0.25) is 4.79 Å². The van der Waals surface area contributed by atoms with Gasteiger partial charge in [0.2, 0.25) is 5.91 Å². The van der Waals surface area contributed by atoms with Crippen molar-refractivity contribution in [3.63, 3.8) is 0 Å². The number of carbonyl (C=O) groups excluding carboxylic acids is 1. The number of aliphatic hydroxyl groups excluding tert-OH is 1. The van der Waals surface area contributed by atoms with Crippen LogP contribution < -0.4 is 20.6 Å². The Morgan fingerprint density at radius 1 is 1.13 bits per heavy atom. The van der Waals surface area contributed by atoms with Gasteiger partial charge in [0.1, 0.15) is 5.75 Å². The van der Waals surface area contributed by atoms with E-state index in [1.165, 1.54) is 6.07 Å². The number of carboxylic acids is 1. The van der Waals surface area contributed by atoms with Crippen LogP contribution in [0, 0.1) is 5.92 Å². The lowest BCUT2D eigenvalue weighted by Gasteiger charge is -2.31. The molecule has 31 heavy (non-hydrogen) atoms. The van der Waals surface area contributed by atoms with Gasteiger partial charge in [-0.1, -0.05) is 12.1 Å². The van der Waals surface area contributed by atoms with Crippen LogP contribution in [0.25, 0.3) is 0 Å². The SMILES string of the molecule is O=C(CC1CCC(NCCNCCO)CC1)NC1Cc2cccc(C(=O)O)c2OB1O. The van der Waals surface area contributed by atoms with Crippen molar-refractivity contribution in [2.45, 2.75) is 50.5 Å². The Bertz CT molecular complexity index is 757. The molecule has 9 nitrogen and oxygen atoms in total. The number of amides is 1. The lowest BCUT2D eigenvalue weighted by Crippen LogP contribution is -2.53. The summed E-state index contributed by atoms with van der Waals surface area (Å²) in [4.78, 5) is 23.9. The highest BCUT2D eigenvalue weighted by atomic mass is 16.5. The summed E-state index contributed by atoms with van der Waals surface area (Å²) < 4.78 is 5.44. The number of aromatic carboxylic acids is 1. The zero-order valence-corrected chi connectivity index (χ0v) is 17.7. The van der Waals surface area contributed by atoms with Gasteiger partial charge >= 0.3 is 13.1 Å². The number of carboxylic acid groups (broad SMARTS) is 1. The van der Waals surface area contributed by atoms with E-state index in [4.69, 9.17) is 9.76 Å². The van der Waals surface area contributed by atoms with Crippen LogP contribution in [-0.2, 0) is 11.2 Å². The summed E-state index contributed by atoms with van der Waals surface area (Å²) in [6.07, 6.45) is 4.74. The second-order valence-electron chi connectivity index (χ2n) is 8.34. The summed E-state index contributed by atoms with van der Waals surface area (Å²) in [5, 5.41) is 37.8. The van der Waals surface area contributed by atoms with E-state index in [1.807, 2.05) is 0 Å². The molecule has 0 saturated heterocycles. The molecule has 1 unspecified atom stereocenters. The smallest absolute Gasteiger partial charge is 0.534 e. The van der Waals surface area contributed by atoms with E-state index in [0.717, 1.165) is 38.8 Å². The Morgan fingerprint density at radius 3 is 2.61 bits per heavy atom. The fourth-order valence-electron chi connectivity index (χ4n) is 4.38. The normalized spacial score (nSPS) is 23.0. The number of para-hydroxylation sites is 1. The van der Waals surface area contributed by atoms with Gasteiger partial charge in [-0.25, -0.2) is 4.79 Å². The van der Waals surface area contributed by atoms with Crippen LogP contribution in [0.2, 0.25) is 0 Å². The highest BCUT2D eigenvalue weighted by Crippen LogP contribution is 2.31. The molecule has 1 amide bonds. The summed E-state index contributed by atoms with van der Waals surface area (Å²) in [6.45, 7) is 2.44. The van der Waals surface area contributed by atoms with Crippen molar-refractivity contribution < 1.29 is 29.5 Å². The maximum absolute atomic E-state index is 12.5. The Kier molecular flexibility index (Phi) is 8.71. The number of fused-ring (bicyclic) bond motifs is 1. The number of benzene rings is 1. The zero-order chi connectivity index (χ0) is 22.2. The molecule has 3 rings (SSSR count). The highest BCUT2D eigenvalue weighted by molar-refractivity contribution is 6.47. The predicted molar refractivity (Wildman–Crippen MR) is 116 cm³/mol. The largest absolute Gasteiger partial charge is 0.547 e. The van der Waals surface area contributed by atoms with Gasteiger partial charge in [-0.15, -0.1) is 0 Å². The molecule has 1 heterocycles. The van der Waals surface area contributed by atoms with Gasteiger partial charge in [0.25, 0.3) is 0 Å². The Balaban J connectivity index is 1.41. The molecular formula is C21H32BN3O6.